The fraction of sp³-hybridized carbons (Fsp3) is 0.435. The largest absolute Gasteiger partial charge is 0.382 e. The van der Waals surface area contributed by atoms with Crippen molar-refractivity contribution in [3.8, 4) is 0 Å². The second-order valence-electron chi connectivity index (χ2n) is 8.33. The third kappa shape index (κ3) is 4.59. The average molecular weight is 451 g/mol. The molecule has 0 saturated heterocycles. The van der Waals surface area contributed by atoms with E-state index in [9.17, 15) is 9.59 Å². The Morgan fingerprint density at radius 1 is 1.30 bits per heavy atom. The molecule has 2 amide bonds. The van der Waals surface area contributed by atoms with Gasteiger partial charge in [0, 0.05) is 37.5 Å². The first-order chi connectivity index (χ1) is 15.9. The van der Waals surface area contributed by atoms with E-state index >= 15 is 0 Å². The molecule has 0 fully saturated rings. The lowest BCUT2D eigenvalue weighted by atomic mass is 10.2. The van der Waals surface area contributed by atoms with Crippen LogP contribution >= 0.6 is 0 Å². The van der Waals surface area contributed by atoms with Crippen molar-refractivity contribution < 1.29 is 9.59 Å². The molecule has 3 aromatic heterocycles. The number of hydrogen-bond donors (Lipinski definition) is 3. The van der Waals surface area contributed by atoms with Crippen molar-refractivity contribution in [3.63, 3.8) is 0 Å². The Hall–Kier alpha value is -3.69. The maximum Gasteiger partial charge on any atom is 0.249 e. The Morgan fingerprint density at radius 2 is 2.12 bits per heavy atom. The number of hydrogen-bond acceptors (Lipinski definition) is 7. The Bertz CT molecular complexity index is 1230. The monoisotopic (exact) mass is 450 g/mol. The minimum absolute atomic E-state index is 0.111. The number of unbranched alkanes of at least 4 members (excludes halogenated alkanes) is 1. The number of rotatable bonds is 8. The zero-order chi connectivity index (χ0) is 23.5. The van der Waals surface area contributed by atoms with E-state index in [4.69, 9.17) is 10.7 Å². The van der Waals surface area contributed by atoms with Crippen LogP contribution in [0.4, 0.5) is 5.82 Å². The highest BCUT2D eigenvalue weighted by Gasteiger charge is 2.23. The van der Waals surface area contributed by atoms with Crippen molar-refractivity contribution in [3.05, 3.63) is 35.9 Å². The van der Waals surface area contributed by atoms with Crippen LogP contribution < -0.4 is 16.4 Å². The van der Waals surface area contributed by atoms with E-state index in [1.54, 1.807) is 19.3 Å². The van der Waals surface area contributed by atoms with Gasteiger partial charge < -0.3 is 25.8 Å². The molecule has 0 aromatic carbocycles. The van der Waals surface area contributed by atoms with E-state index in [1.165, 1.54) is 0 Å². The summed E-state index contributed by atoms with van der Waals surface area (Å²) in [5.41, 5.74) is 9.78. The van der Waals surface area contributed by atoms with Crippen molar-refractivity contribution >= 4 is 39.7 Å². The zero-order valence-electron chi connectivity index (χ0n) is 19.3. The number of imidazole rings is 1. The number of anilines is 1. The number of aromatic nitrogens is 4. The van der Waals surface area contributed by atoms with E-state index < -0.39 is 0 Å². The predicted molar refractivity (Wildman–Crippen MR) is 127 cm³/mol. The van der Waals surface area contributed by atoms with Crippen LogP contribution in [0.3, 0.4) is 0 Å². The van der Waals surface area contributed by atoms with Gasteiger partial charge in [0.2, 0.25) is 11.8 Å². The molecule has 4 rings (SSSR count). The molecule has 1 aliphatic heterocycles. The van der Waals surface area contributed by atoms with Crippen LogP contribution in [0.15, 0.2) is 30.1 Å². The van der Waals surface area contributed by atoms with Crippen LogP contribution in [-0.4, -0.2) is 55.5 Å². The SMILES string of the molecule is CCCCc1nc2c(N)nc3cccnc3c2n1CCNC(=O)CN1C=C(C)C(=O)NC1C. The van der Waals surface area contributed by atoms with Gasteiger partial charge in [-0.3, -0.25) is 14.6 Å². The summed E-state index contributed by atoms with van der Waals surface area (Å²) in [5.74, 6) is 1.07. The van der Waals surface area contributed by atoms with Gasteiger partial charge in [0.1, 0.15) is 22.4 Å². The van der Waals surface area contributed by atoms with Gasteiger partial charge in [-0.1, -0.05) is 13.3 Å². The summed E-state index contributed by atoms with van der Waals surface area (Å²) in [6.07, 6.45) is 6.07. The summed E-state index contributed by atoms with van der Waals surface area (Å²) in [7, 11) is 0. The topological polar surface area (TPSA) is 131 Å². The van der Waals surface area contributed by atoms with Gasteiger partial charge in [0.05, 0.1) is 18.2 Å². The van der Waals surface area contributed by atoms with Crippen LogP contribution in [-0.2, 0) is 22.6 Å². The van der Waals surface area contributed by atoms with E-state index in [-0.39, 0.29) is 24.5 Å². The highest BCUT2D eigenvalue weighted by Crippen LogP contribution is 2.27. The van der Waals surface area contributed by atoms with Crippen molar-refractivity contribution in [2.75, 3.05) is 18.8 Å². The Labute approximate surface area is 192 Å². The van der Waals surface area contributed by atoms with Crippen LogP contribution in [0.5, 0.6) is 0 Å². The number of carbonyl (C=O) groups is 2. The molecule has 10 heteroatoms. The van der Waals surface area contributed by atoms with Gasteiger partial charge in [-0.2, -0.15) is 0 Å². The number of fused-ring (bicyclic) bond motifs is 3. The molecule has 1 aliphatic rings. The lowest BCUT2D eigenvalue weighted by Gasteiger charge is -2.32. The Kier molecular flexibility index (Phi) is 6.43. The normalized spacial score (nSPS) is 16.2. The molecular formula is C23H30N8O2. The molecule has 10 nitrogen and oxygen atoms in total. The first-order valence-corrected chi connectivity index (χ1v) is 11.3. The lowest BCUT2D eigenvalue weighted by Crippen LogP contribution is -2.51. The van der Waals surface area contributed by atoms with Crippen molar-refractivity contribution in [1.82, 2.24) is 35.1 Å². The fourth-order valence-corrected chi connectivity index (χ4v) is 4.05. The number of nitrogens with two attached hydrogens (primary N) is 1. The minimum Gasteiger partial charge on any atom is -0.382 e. The van der Waals surface area contributed by atoms with Crippen molar-refractivity contribution in [2.24, 2.45) is 0 Å². The van der Waals surface area contributed by atoms with E-state index in [0.717, 1.165) is 41.6 Å². The van der Waals surface area contributed by atoms with Gasteiger partial charge in [-0.05, 0) is 32.4 Å². The maximum absolute atomic E-state index is 12.6. The molecular weight excluding hydrogens is 420 g/mol. The van der Waals surface area contributed by atoms with Gasteiger partial charge in [-0.15, -0.1) is 0 Å². The lowest BCUT2D eigenvalue weighted by molar-refractivity contribution is -0.125. The zero-order valence-corrected chi connectivity index (χ0v) is 19.3. The van der Waals surface area contributed by atoms with Crippen molar-refractivity contribution in [2.45, 2.75) is 52.7 Å². The molecule has 0 bridgehead atoms. The molecule has 1 atom stereocenters. The summed E-state index contributed by atoms with van der Waals surface area (Å²) < 4.78 is 2.10. The average Bonchev–Trinajstić information content (AvgIpc) is 3.15. The van der Waals surface area contributed by atoms with E-state index in [2.05, 4.69) is 32.1 Å². The molecule has 174 valence electrons. The fourth-order valence-electron chi connectivity index (χ4n) is 4.05. The smallest absolute Gasteiger partial charge is 0.249 e. The summed E-state index contributed by atoms with van der Waals surface area (Å²) in [5, 5.41) is 5.82. The van der Waals surface area contributed by atoms with Gasteiger partial charge in [-0.25, -0.2) is 9.97 Å². The molecule has 4 N–H and O–H groups in total. The summed E-state index contributed by atoms with van der Waals surface area (Å²) >= 11 is 0. The highest BCUT2D eigenvalue weighted by atomic mass is 16.2. The standard InChI is InChI=1S/C23H30N8O2/c1-4-5-8-17-29-20-21(19-16(28-22(20)24)7-6-9-26-19)31(17)11-10-25-18(32)13-30-12-14(2)23(33)27-15(30)3/h6-7,9,12,15H,4-5,8,10-11,13H2,1-3H3,(H2,24,28)(H,25,32)(H,27,33). The Balaban J connectivity index is 1.54. The van der Waals surface area contributed by atoms with Gasteiger partial charge in [0.25, 0.3) is 0 Å². The van der Waals surface area contributed by atoms with Crippen LogP contribution in [0, 0.1) is 0 Å². The molecule has 0 aliphatic carbocycles. The third-order valence-electron chi connectivity index (χ3n) is 5.83. The quantitative estimate of drug-likeness (QED) is 0.476. The van der Waals surface area contributed by atoms with E-state index in [0.29, 0.717) is 30.0 Å². The van der Waals surface area contributed by atoms with Crippen molar-refractivity contribution in [1.29, 1.82) is 0 Å². The molecule has 0 radical (unpaired) electrons. The van der Waals surface area contributed by atoms with Crippen LogP contribution in [0.25, 0.3) is 22.1 Å². The van der Waals surface area contributed by atoms with Crippen LogP contribution in [0.1, 0.15) is 39.4 Å². The third-order valence-corrected chi connectivity index (χ3v) is 5.83. The summed E-state index contributed by atoms with van der Waals surface area (Å²) in [6, 6.07) is 3.72. The predicted octanol–water partition coefficient (Wildman–Crippen LogP) is 1.70. The minimum atomic E-state index is -0.238. The molecule has 3 aromatic rings. The Morgan fingerprint density at radius 3 is 2.91 bits per heavy atom. The number of pyridine rings is 2. The number of carbonyl (C=O) groups excluding carboxylic acids is 2. The molecule has 0 saturated carbocycles. The first-order valence-electron chi connectivity index (χ1n) is 11.3. The van der Waals surface area contributed by atoms with Gasteiger partial charge in [0.15, 0.2) is 5.82 Å². The highest BCUT2D eigenvalue weighted by molar-refractivity contribution is 6.04. The summed E-state index contributed by atoms with van der Waals surface area (Å²) in [4.78, 5) is 39.9. The molecule has 4 heterocycles. The number of nitrogens with zero attached hydrogens (tertiary/aromatic N) is 5. The number of aryl methyl sites for hydroxylation is 1. The molecule has 1 unspecified atom stereocenters. The van der Waals surface area contributed by atoms with Gasteiger partial charge >= 0.3 is 0 Å². The summed E-state index contributed by atoms with van der Waals surface area (Å²) in [6.45, 7) is 6.85. The first kappa shape index (κ1) is 22.5. The molecule has 0 spiro atoms. The number of amides is 2. The second kappa shape index (κ2) is 9.43. The van der Waals surface area contributed by atoms with E-state index in [1.807, 2.05) is 24.0 Å². The van der Waals surface area contributed by atoms with Crippen LogP contribution in [0.2, 0.25) is 0 Å². The second-order valence-corrected chi connectivity index (χ2v) is 8.33. The number of nitrogen functional groups attached to an aromatic ring is 1. The number of nitrogens with one attached hydrogen (secondary N) is 2. The molecule has 33 heavy (non-hydrogen) atoms. The maximum atomic E-state index is 12.6.